The fourth-order valence-corrected chi connectivity index (χ4v) is 2.33. The van der Waals surface area contributed by atoms with Gasteiger partial charge in [-0.15, -0.1) is 0 Å². The molecule has 0 fully saturated rings. The van der Waals surface area contributed by atoms with E-state index >= 15 is 0 Å². The number of benzene rings is 1. The Morgan fingerprint density at radius 2 is 1.90 bits per heavy atom. The van der Waals surface area contributed by atoms with Crippen molar-refractivity contribution in [2.75, 3.05) is 0 Å². The molecule has 1 aromatic carbocycles. The Bertz CT molecular complexity index is 702. The van der Waals surface area contributed by atoms with Gasteiger partial charge in [-0.05, 0) is 0 Å². The number of rotatable bonds is 2. The fraction of sp³-hybridized carbons (Fsp3) is 0.300. The summed E-state index contributed by atoms with van der Waals surface area (Å²) in [5.74, 6) is -10.5. The zero-order valence-corrected chi connectivity index (χ0v) is 10.4. The van der Waals surface area contributed by atoms with Crippen LogP contribution >= 0.6 is 0 Å². The third kappa shape index (κ3) is 2.52. The predicted molar refractivity (Wildman–Crippen MR) is 59.3 cm³/mol. The minimum Gasteiger partial charge on any atom is -0.210 e. The van der Waals surface area contributed by atoms with Crippen molar-refractivity contribution in [1.82, 2.24) is 0 Å². The van der Waals surface area contributed by atoms with Crippen LogP contribution < -0.4 is 5.14 Å². The lowest BCUT2D eigenvalue weighted by Crippen LogP contribution is -2.24. The summed E-state index contributed by atoms with van der Waals surface area (Å²) in [4.78, 5) is 0. The topological polar surface area (TPSA) is 72.5 Å². The van der Waals surface area contributed by atoms with E-state index in [2.05, 4.69) is 9.54 Å². The molecule has 1 unspecified atom stereocenters. The van der Waals surface area contributed by atoms with E-state index in [1.807, 2.05) is 0 Å². The molecule has 10 heteroatoms. The molecule has 4 nitrogen and oxygen atoms in total. The predicted octanol–water partition coefficient (Wildman–Crippen LogP) is 1.65. The second kappa shape index (κ2) is 4.48. The first-order valence-electron chi connectivity index (χ1n) is 5.15. The van der Waals surface area contributed by atoms with Gasteiger partial charge >= 0.3 is 10.2 Å². The third-order valence-corrected chi connectivity index (χ3v) is 3.26. The largest absolute Gasteiger partial charge is 0.316 e. The Morgan fingerprint density at radius 1 is 1.30 bits per heavy atom. The number of halogens is 5. The van der Waals surface area contributed by atoms with Crippen LogP contribution in [0.4, 0.5) is 22.0 Å². The molecule has 0 saturated carbocycles. The van der Waals surface area contributed by atoms with Gasteiger partial charge in [0.05, 0.1) is 5.92 Å². The first-order valence-corrected chi connectivity index (χ1v) is 6.65. The molecule has 0 bridgehead atoms. The van der Waals surface area contributed by atoms with Gasteiger partial charge in [0, 0.05) is 29.8 Å². The Kier molecular flexibility index (Phi) is 3.33. The van der Waals surface area contributed by atoms with Gasteiger partial charge in [0.1, 0.15) is 5.82 Å². The van der Waals surface area contributed by atoms with Crippen LogP contribution in [0.2, 0.25) is 0 Å². The summed E-state index contributed by atoms with van der Waals surface area (Å²) in [6, 6.07) is 0.156. The van der Waals surface area contributed by atoms with Crippen LogP contribution in [0.5, 0.6) is 0 Å². The van der Waals surface area contributed by atoms with Crippen molar-refractivity contribution in [3.8, 4) is 0 Å². The summed E-state index contributed by atoms with van der Waals surface area (Å²) in [6.07, 6.45) is -1.00. The van der Waals surface area contributed by atoms with Crippen molar-refractivity contribution in [3.05, 3.63) is 34.6 Å². The van der Waals surface area contributed by atoms with Crippen molar-refractivity contribution in [2.24, 2.45) is 9.54 Å². The maximum Gasteiger partial charge on any atom is 0.316 e. The normalized spacial score (nSPS) is 21.4. The molecule has 2 rings (SSSR count). The highest BCUT2D eigenvalue weighted by atomic mass is 32.2. The Hall–Kier alpha value is -1.55. The van der Waals surface area contributed by atoms with Gasteiger partial charge in [0.25, 0.3) is 5.92 Å². The van der Waals surface area contributed by atoms with Crippen LogP contribution in [0.1, 0.15) is 17.0 Å². The second-order valence-corrected chi connectivity index (χ2v) is 5.47. The molecule has 0 spiro atoms. The van der Waals surface area contributed by atoms with Crippen LogP contribution in [0.3, 0.4) is 0 Å². The number of fused-ring (bicyclic) bond motifs is 1. The lowest BCUT2D eigenvalue weighted by atomic mass is 10.00. The SMILES string of the molecule is NS(=O)(=O)N=CC1c2c(F)c(F)cc(F)c2CC1(F)F. The third-order valence-electron chi connectivity index (χ3n) is 2.85. The minimum atomic E-state index is -4.47. The van der Waals surface area contributed by atoms with Crippen LogP contribution in [-0.2, 0) is 16.6 Å². The molecule has 20 heavy (non-hydrogen) atoms. The van der Waals surface area contributed by atoms with Gasteiger partial charge in [0.2, 0.25) is 0 Å². The molecular weight excluding hydrogens is 307 g/mol. The quantitative estimate of drug-likeness (QED) is 0.512. The molecule has 0 heterocycles. The van der Waals surface area contributed by atoms with E-state index in [0.717, 1.165) is 0 Å². The Balaban J connectivity index is 2.63. The van der Waals surface area contributed by atoms with Crippen LogP contribution in [0.25, 0.3) is 0 Å². The molecule has 1 aliphatic carbocycles. The van der Waals surface area contributed by atoms with E-state index in [1.54, 1.807) is 0 Å². The maximum atomic E-state index is 13.7. The lowest BCUT2D eigenvalue weighted by Gasteiger charge is -2.15. The average molecular weight is 314 g/mol. The van der Waals surface area contributed by atoms with Crippen molar-refractivity contribution < 1.29 is 30.4 Å². The molecule has 0 radical (unpaired) electrons. The average Bonchev–Trinajstić information content (AvgIpc) is 2.54. The molecule has 110 valence electrons. The van der Waals surface area contributed by atoms with Crippen LogP contribution in [0.15, 0.2) is 10.5 Å². The number of hydrogen-bond donors (Lipinski definition) is 1. The second-order valence-electron chi connectivity index (χ2n) is 4.23. The van der Waals surface area contributed by atoms with E-state index in [9.17, 15) is 30.4 Å². The van der Waals surface area contributed by atoms with E-state index in [0.29, 0.717) is 0 Å². The number of hydrogen-bond acceptors (Lipinski definition) is 2. The first-order chi connectivity index (χ1) is 9.03. The highest BCUT2D eigenvalue weighted by Crippen LogP contribution is 2.46. The minimum absolute atomic E-state index is 0.156. The summed E-state index contributed by atoms with van der Waals surface area (Å²) >= 11 is 0. The van der Waals surface area contributed by atoms with E-state index in [4.69, 9.17) is 0 Å². The highest BCUT2D eigenvalue weighted by molar-refractivity contribution is 7.87. The highest BCUT2D eigenvalue weighted by Gasteiger charge is 2.50. The van der Waals surface area contributed by atoms with Crippen molar-refractivity contribution in [2.45, 2.75) is 18.3 Å². The van der Waals surface area contributed by atoms with Crippen LogP contribution in [-0.4, -0.2) is 20.6 Å². The Labute approximate surface area is 110 Å². The number of nitrogens with two attached hydrogens (primary N) is 1. The van der Waals surface area contributed by atoms with Crippen molar-refractivity contribution in [3.63, 3.8) is 0 Å². The molecule has 0 aromatic heterocycles. The van der Waals surface area contributed by atoms with E-state index < -0.39 is 57.0 Å². The van der Waals surface area contributed by atoms with Gasteiger partial charge in [-0.3, -0.25) is 0 Å². The lowest BCUT2D eigenvalue weighted by molar-refractivity contribution is 0.00426. The zero-order chi connectivity index (χ0) is 15.3. The molecule has 1 atom stereocenters. The number of nitrogens with zero attached hydrogens (tertiary/aromatic N) is 1. The van der Waals surface area contributed by atoms with E-state index in [-0.39, 0.29) is 12.3 Å². The molecule has 0 aliphatic heterocycles. The van der Waals surface area contributed by atoms with Gasteiger partial charge in [0.15, 0.2) is 11.6 Å². The molecule has 0 amide bonds. The van der Waals surface area contributed by atoms with Crippen LogP contribution in [0, 0.1) is 17.5 Å². The monoisotopic (exact) mass is 314 g/mol. The fourth-order valence-electron chi connectivity index (χ4n) is 2.04. The smallest absolute Gasteiger partial charge is 0.210 e. The van der Waals surface area contributed by atoms with Gasteiger partial charge in [-0.1, -0.05) is 0 Å². The van der Waals surface area contributed by atoms with Gasteiger partial charge < -0.3 is 0 Å². The molecule has 1 aliphatic rings. The molecule has 2 N–H and O–H groups in total. The van der Waals surface area contributed by atoms with Crippen molar-refractivity contribution in [1.29, 1.82) is 0 Å². The Morgan fingerprint density at radius 3 is 2.45 bits per heavy atom. The molecule has 1 aromatic rings. The maximum absolute atomic E-state index is 13.7. The van der Waals surface area contributed by atoms with Gasteiger partial charge in [-0.25, -0.2) is 27.1 Å². The summed E-state index contributed by atoms with van der Waals surface area (Å²) in [7, 11) is -4.47. The summed E-state index contributed by atoms with van der Waals surface area (Å²) < 4.78 is 91.3. The summed E-state index contributed by atoms with van der Waals surface area (Å²) in [5, 5.41) is 4.51. The zero-order valence-electron chi connectivity index (χ0n) is 9.58. The standard InChI is InChI=1S/C10H7F5N2O2S/c11-6-1-7(12)9(13)8-4(6)2-10(14,15)5(8)3-17-20(16,18)19/h1,3,5H,2H2,(H2,16,18,19). The van der Waals surface area contributed by atoms with Crippen molar-refractivity contribution >= 4 is 16.4 Å². The molecule has 0 saturated heterocycles. The first kappa shape index (κ1) is 14.9. The summed E-state index contributed by atoms with van der Waals surface area (Å²) in [5.41, 5.74) is -1.65. The van der Waals surface area contributed by atoms with Gasteiger partial charge in [-0.2, -0.15) is 12.8 Å². The van der Waals surface area contributed by atoms with E-state index in [1.165, 1.54) is 0 Å². The number of alkyl halides is 2. The summed E-state index contributed by atoms with van der Waals surface area (Å²) in [6.45, 7) is 0. The molecular formula is C10H7F5N2O2S.